The molecule has 0 N–H and O–H groups in total. The molecule has 156 valence electrons. The van der Waals surface area contributed by atoms with E-state index in [1.54, 1.807) is 14.7 Å². The number of rotatable bonds is 15. The second-order valence-electron chi connectivity index (χ2n) is 7.61. The van der Waals surface area contributed by atoms with Crippen molar-refractivity contribution >= 4 is 49.2 Å². The fourth-order valence-electron chi connectivity index (χ4n) is 3.76. The molecule has 8 heteroatoms. The van der Waals surface area contributed by atoms with Gasteiger partial charge in [-0.1, -0.05) is 0 Å². The maximum absolute atomic E-state index is 8.40. The standard InChI is InChI=1S/C8H8N5S2.3C4H9.Sn/c9-12-11-2-1-4-14-7-8-13(6-10-7)3-5-15-8;3*1-3-4-2;/h3,6H,1-2,4H2;3*1,3-4H2,2H3;. The quantitative estimate of drug-likeness (QED) is 0.0611. The van der Waals surface area contributed by atoms with Crippen molar-refractivity contribution in [2.75, 3.05) is 12.3 Å². The Bertz CT molecular complexity index is 729. The molecule has 0 spiro atoms. The zero-order chi connectivity index (χ0) is 20.2. The number of hydrogen-bond donors (Lipinski definition) is 0. The summed E-state index contributed by atoms with van der Waals surface area (Å²) in [6.45, 7) is 7.59. The van der Waals surface area contributed by atoms with Gasteiger partial charge in [-0.05, 0) is 0 Å². The first kappa shape index (κ1) is 23.9. The van der Waals surface area contributed by atoms with Gasteiger partial charge in [0.05, 0.1) is 0 Å². The number of aromatic nitrogens is 2. The van der Waals surface area contributed by atoms with Crippen LogP contribution in [0.2, 0.25) is 13.3 Å². The van der Waals surface area contributed by atoms with Crippen molar-refractivity contribution in [1.29, 1.82) is 0 Å². The summed E-state index contributed by atoms with van der Waals surface area (Å²) in [5.74, 6) is 0.953. The molecule has 28 heavy (non-hydrogen) atoms. The second-order valence-corrected chi connectivity index (χ2v) is 23.9. The normalized spacial score (nSPS) is 11.8. The Morgan fingerprint density at radius 1 is 1.11 bits per heavy atom. The van der Waals surface area contributed by atoms with Crippen molar-refractivity contribution in [3.8, 4) is 0 Å². The Kier molecular flexibility index (Phi) is 11.1. The molecule has 2 aromatic rings. The molecule has 0 saturated carbocycles. The molecule has 0 saturated heterocycles. The molecular formula is C20H35N5S2Sn. The summed E-state index contributed by atoms with van der Waals surface area (Å²) in [6, 6.07) is 0. The van der Waals surface area contributed by atoms with Gasteiger partial charge in [0, 0.05) is 0 Å². The van der Waals surface area contributed by atoms with E-state index in [2.05, 4.69) is 46.4 Å². The van der Waals surface area contributed by atoms with E-state index in [-0.39, 0.29) is 0 Å². The van der Waals surface area contributed by atoms with E-state index < -0.39 is 18.4 Å². The van der Waals surface area contributed by atoms with Gasteiger partial charge >= 0.3 is 183 Å². The first-order valence-corrected chi connectivity index (χ1v) is 20.1. The summed E-state index contributed by atoms with van der Waals surface area (Å²) in [7, 11) is 0. The van der Waals surface area contributed by atoms with Crippen LogP contribution in [0.1, 0.15) is 65.7 Å². The van der Waals surface area contributed by atoms with Crippen molar-refractivity contribution in [2.45, 2.75) is 84.1 Å². The Labute approximate surface area is 182 Å². The zero-order valence-electron chi connectivity index (χ0n) is 17.7. The molecule has 2 aromatic heterocycles. The van der Waals surface area contributed by atoms with Crippen LogP contribution < -0.4 is 2.89 Å². The van der Waals surface area contributed by atoms with Gasteiger partial charge < -0.3 is 0 Å². The van der Waals surface area contributed by atoms with Crippen molar-refractivity contribution in [2.24, 2.45) is 5.11 Å². The van der Waals surface area contributed by atoms with Gasteiger partial charge in [0.2, 0.25) is 0 Å². The van der Waals surface area contributed by atoms with Crippen LogP contribution in [0.15, 0.2) is 22.7 Å². The molecule has 2 heterocycles. The molecule has 0 bridgehead atoms. The molecule has 0 aliphatic carbocycles. The van der Waals surface area contributed by atoms with Crippen LogP contribution in [0.4, 0.5) is 0 Å². The molecule has 2 rings (SSSR count). The average Bonchev–Trinajstić information content (AvgIpc) is 3.29. The summed E-state index contributed by atoms with van der Waals surface area (Å²) in [4.78, 5) is 8.80. The van der Waals surface area contributed by atoms with Crippen LogP contribution in [0.3, 0.4) is 0 Å². The van der Waals surface area contributed by atoms with Gasteiger partial charge in [-0.15, -0.1) is 0 Å². The van der Waals surface area contributed by atoms with E-state index in [1.807, 2.05) is 17.7 Å². The molecule has 0 unspecified atom stereocenters. The van der Waals surface area contributed by atoms with Gasteiger partial charge in [-0.25, -0.2) is 0 Å². The monoisotopic (exact) mass is 529 g/mol. The van der Waals surface area contributed by atoms with Crippen molar-refractivity contribution in [1.82, 2.24) is 9.38 Å². The first-order chi connectivity index (χ1) is 13.7. The Hall–Kier alpha value is -0.371. The number of azide groups is 1. The van der Waals surface area contributed by atoms with Gasteiger partial charge in [0.25, 0.3) is 0 Å². The third kappa shape index (κ3) is 6.57. The van der Waals surface area contributed by atoms with Crippen LogP contribution >= 0.6 is 23.1 Å². The Balaban J connectivity index is 2.24. The third-order valence-electron chi connectivity index (χ3n) is 5.43. The molecule has 0 atom stereocenters. The fraction of sp³-hybridized carbons (Fsp3) is 0.750. The van der Waals surface area contributed by atoms with Crippen molar-refractivity contribution in [3.63, 3.8) is 0 Å². The predicted molar refractivity (Wildman–Crippen MR) is 127 cm³/mol. The van der Waals surface area contributed by atoms with Crippen LogP contribution in [-0.2, 0) is 0 Å². The van der Waals surface area contributed by atoms with E-state index >= 15 is 0 Å². The minimum absolute atomic E-state index is 0.570. The summed E-state index contributed by atoms with van der Waals surface area (Å²) in [5, 5.41) is 4.78. The van der Waals surface area contributed by atoms with E-state index in [4.69, 9.17) is 5.53 Å². The number of thiazole rings is 1. The maximum atomic E-state index is 8.40. The van der Waals surface area contributed by atoms with E-state index in [0.717, 1.165) is 17.2 Å². The number of imidazole rings is 1. The van der Waals surface area contributed by atoms with Gasteiger partial charge in [0.15, 0.2) is 0 Å². The number of nitrogens with zero attached hydrogens (tertiary/aromatic N) is 5. The van der Waals surface area contributed by atoms with E-state index in [0.29, 0.717) is 6.54 Å². The Morgan fingerprint density at radius 3 is 2.32 bits per heavy atom. The Morgan fingerprint density at radius 2 is 1.75 bits per heavy atom. The van der Waals surface area contributed by atoms with E-state index in [1.165, 1.54) is 56.7 Å². The molecule has 0 amide bonds. The number of fused-ring (bicyclic) bond motifs is 1. The zero-order valence-corrected chi connectivity index (χ0v) is 22.2. The van der Waals surface area contributed by atoms with Gasteiger partial charge in [-0.3, -0.25) is 0 Å². The topological polar surface area (TPSA) is 66.1 Å². The fourth-order valence-corrected chi connectivity index (χ4v) is 24.8. The molecule has 0 aliphatic rings. The summed E-state index contributed by atoms with van der Waals surface area (Å²) in [6.07, 6.45) is 13.5. The second kappa shape index (κ2) is 13.0. The SMILES string of the molecule is CCC[CH2][Sn]([CH2]CCC)([CH2]CCC)[c]1cn2cnc(SCCCN=[N+]=[N-])c2s1. The molecule has 0 radical (unpaired) electrons. The number of thioether (sulfide) groups is 1. The molecule has 5 nitrogen and oxygen atoms in total. The first-order valence-electron chi connectivity index (χ1n) is 10.8. The van der Waals surface area contributed by atoms with Crippen LogP contribution in [-0.4, -0.2) is 40.1 Å². The third-order valence-corrected chi connectivity index (χ3v) is 25.9. The number of hydrogen-bond acceptors (Lipinski definition) is 4. The summed E-state index contributed by atoms with van der Waals surface area (Å²) in [5.41, 5.74) is 8.40. The minimum atomic E-state index is -2.36. The summed E-state index contributed by atoms with van der Waals surface area (Å²) < 4.78 is 8.58. The molecule has 0 aliphatic heterocycles. The van der Waals surface area contributed by atoms with Gasteiger partial charge in [-0.2, -0.15) is 0 Å². The molecular weight excluding hydrogens is 493 g/mol. The van der Waals surface area contributed by atoms with Crippen molar-refractivity contribution < 1.29 is 0 Å². The van der Waals surface area contributed by atoms with Crippen molar-refractivity contribution in [3.05, 3.63) is 23.0 Å². The predicted octanol–water partition coefficient (Wildman–Crippen LogP) is 7.24. The average molecular weight is 528 g/mol. The molecule has 0 aromatic carbocycles. The van der Waals surface area contributed by atoms with Gasteiger partial charge in [0.1, 0.15) is 0 Å². The summed E-state index contributed by atoms with van der Waals surface area (Å²) >= 11 is 1.49. The van der Waals surface area contributed by atoms with Crippen LogP contribution in [0, 0.1) is 0 Å². The molecule has 0 fully saturated rings. The van der Waals surface area contributed by atoms with Crippen LogP contribution in [0.5, 0.6) is 0 Å². The van der Waals surface area contributed by atoms with E-state index in [9.17, 15) is 0 Å². The van der Waals surface area contributed by atoms with Crippen LogP contribution in [0.25, 0.3) is 15.3 Å². The number of unbranched alkanes of at least 4 members (excludes halogenated alkanes) is 3.